The Labute approximate surface area is 129 Å². The maximum absolute atomic E-state index is 5.75. The van der Waals surface area contributed by atoms with E-state index in [0.29, 0.717) is 13.2 Å². The highest BCUT2D eigenvalue weighted by atomic mass is 79.9. The minimum Gasteiger partial charge on any atom is -0.383 e. The van der Waals surface area contributed by atoms with E-state index in [1.54, 1.807) is 13.3 Å². The monoisotopic (exact) mass is 360 g/mol. The van der Waals surface area contributed by atoms with Crippen molar-refractivity contribution < 1.29 is 4.74 Å². The first kappa shape index (κ1) is 15.5. The first-order valence-corrected chi connectivity index (χ1v) is 7.76. The van der Waals surface area contributed by atoms with Crippen LogP contribution in [0.4, 0.5) is 0 Å². The molecule has 0 spiro atoms. The molecule has 0 aliphatic rings. The number of rotatable bonds is 7. The number of nitrogens with one attached hydrogen (secondary N) is 1. The summed E-state index contributed by atoms with van der Waals surface area (Å²) in [6.07, 6.45) is 2.57. The first-order valence-electron chi connectivity index (χ1n) is 6.20. The Morgan fingerprint density at radius 2 is 2.40 bits per heavy atom. The van der Waals surface area contributed by atoms with Gasteiger partial charge in [0, 0.05) is 7.11 Å². The fraction of sp³-hybridized carbons (Fsp3) is 0.545. The van der Waals surface area contributed by atoms with Crippen molar-refractivity contribution in [2.75, 3.05) is 13.7 Å². The maximum atomic E-state index is 5.75. The van der Waals surface area contributed by atoms with Crippen LogP contribution in [0.25, 0.3) is 0 Å². The number of aryl methyl sites for hydroxylation is 1. The van der Waals surface area contributed by atoms with Crippen molar-refractivity contribution in [1.29, 1.82) is 0 Å². The number of nitrogens with zero attached hydrogens (tertiary/aromatic N) is 4. The summed E-state index contributed by atoms with van der Waals surface area (Å²) in [6.45, 7) is 3.29. The summed E-state index contributed by atoms with van der Waals surface area (Å²) >= 11 is 4.88. The molecule has 0 saturated heterocycles. The largest absolute Gasteiger partial charge is 0.383 e. The van der Waals surface area contributed by atoms with Gasteiger partial charge < -0.3 is 4.74 Å². The highest BCUT2D eigenvalue weighted by Crippen LogP contribution is 2.31. The van der Waals surface area contributed by atoms with Crippen molar-refractivity contribution in [2.24, 2.45) is 5.84 Å². The Kier molecular flexibility index (Phi) is 5.61. The SMILES string of the molecule is CCc1nnsc1C(NN)c1c(Br)cnn1CCOC. The van der Waals surface area contributed by atoms with Crippen molar-refractivity contribution in [1.82, 2.24) is 24.8 Å². The van der Waals surface area contributed by atoms with Gasteiger partial charge in [-0.3, -0.25) is 10.5 Å². The average molecular weight is 361 g/mol. The lowest BCUT2D eigenvalue weighted by Crippen LogP contribution is -2.31. The van der Waals surface area contributed by atoms with Crippen LogP contribution in [-0.4, -0.2) is 33.1 Å². The van der Waals surface area contributed by atoms with Crippen LogP contribution in [0, 0.1) is 0 Å². The van der Waals surface area contributed by atoms with Crippen LogP contribution in [0.15, 0.2) is 10.7 Å². The van der Waals surface area contributed by atoms with Gasteiger partial charge in [-0.1, -0.05) is 11.4 Å². The Hall–Kier alpha value is -0.870. The molecule has 110 valence electrons. The van der Waals surface area contributed by atoms with E-state index in [9.17, 15) is 0 Å². The summed E-state index contributed by atoms with van der Waals surface area (Å²) in [7, 11) is 1.67. The zero-order valence-electron chi connectivity index (χ0n) is 11.3. The van der Waals surface area contributed by atoms with E-state index >= 15 is 0 Å². The molecule has 2 heterocycles. The van der Waals surface area contributed by atoms with E-state index in [1.807, 2.05) is 11.6 Å². The van der Waals surface area contributed by atoms with Crippen LogP contribution < -0.4 is 11.3 Å². The van der Waals surface area contributed by atoms with Gasteiger partial charge in [0.15, 0.2) is 0 Å². The molecule has 0 bridgehead atoms. The molecule has 20 heavy (non-hydrogen) atoms. The highest BCUT2D eigenvalue weighted by molar-refractivity contribution is 9.10. The van der Waals surface area contributed by atoms with Crippen molar-refractivity contribution >= 4 is 27.5 Å². The maximum Gasteiger partial charge on any atom is 0.102 e. The predicted octanol–water partition coefficient (Wildman–Crippen LogP) is 1.26. The molecule has 7 nitrogen and oxygen atoms in total. The molecular formula is C11H17BrN6OS. The number of ether oxygens (including phenoxy) is 1. The van der Waals surface area contributed by atoms with E-state index in [4.69, 9.17) is 10.6 Å². The number of halogens is 1. The van der Waals surface area contributed by atoms with E-state index in [1.165, 1.54) is 11.5 Å². The van der Waals surface area contributed by atoms with Gasteiger partial charge in [-0.25, -0.2) is 5.43 Å². The van der Waals surface area contributed by atoms with Gasteiger partial charge >= 0.3 is 0 Å². The lowest BCUT2D eigenvalue weighted by Gasteiger charge is -2.17. The normalized spacial score (nSPS) is 12.8. The smallest absolute Gasteiger partial charge is 0.102 e. The number of aromatic nitrogens is 4. The van der Waals surface area contributed by atoms with Crippen LogP contribution in [0.3, 0.4) is 0 Å². The lowest BCUT2D eigenvalue weighted by atomic mass is 10.1. The molecule has 1 atom stereocenters. The van der Waals surface area contributed by atoms with Crippen LogP contribution in [0.5, 0.6) is 0 Å². The first-order chi connectivity index (χ1) is 9.72. The quantitative estimate of drug-likeness (QED) is 0.570. The summed E-state index contributed by atoms with van der Waals surface area (Å²) in [5.41, 5.74) is 4.74. The van der Waals surface area contributed by atoms with Crippen molar-refractivity contribution in [3.8, 4) is 0 Å². The zero-order valence-corrected chi connectivity index (χ0v) is 13.7. The molecule has 0 aliphatic carbocycles. The fourth-order valence-electron chi connectivity index (χ4n) is 1.97. The minimum atomic E-state index is -0.196. The summed E-state index contributed by atoms with van der Waals surface area (Å²) < 4.78 is 11.9. The van der Waals surface area contributed by atoms with E-state index in [0.717, 1.165) is 27.2 Å². The predicted molar refractivity (Wildman–Crippen MR) is 80.3 cm³/mol. The third-order valence-corrected chi connectivity index (χ3v) is 4.41. The number of nitrogens with two attached hydrogens (primary N) is 1. The molecule has 2 aromatic heterocycles. The number of hydrazine groups is 1. The molecule has 0 amide bonds. The molecule has 0 aliphatic heterocycles. The average Bonchev–Trinajstić information content (AvgIpc) is 3.06. The molecular weight excluding hydrogens is 344 g/mol. The molecule has 9 heteroatoms. The number of methoxy groups -OCH3 is 1. The molecule has 0 aromatic carbocycles. The van der Waals surface area contributed by atoms with Gasteiger partial charge in [0.05, 0.1) is 40.1 Å². The molecule has 0 radical (unpaired) electrons. The van der Waals surface area contributed by atoms with Gasteiger partial charge in [0.2, 0.25) is 0 Å². The van der Waals surface area contributed by atoms with Gasteiger partial charge in [0.25, 0.3) is 0 Å². The standard InChI is InChI=1S/C11H17BrN6OS/c1-3-8-11(20-17-16-8)9(15-13)10-7(12)6-14-18(10)4-5-19-2/h6,9,15H,3-5,13H2,1-2H3. The van der Waals surface area contributed by atoms with Crippen LogP contribution in [0.1, 0.15) is 29.2 Å². The van der Waals surface area contributed by atoms with Crippen molar-refractivity contribution in [2.45, 2.75) is 25.9 Å². The van der Waals surface area contributed by atoms with Gasteiger partial charge in [-0.05, 0) is 33.9 Å². The van der Waals surface area contributed by atoms with Crippen molar-refractivity contribution in [3.05, 3.63) is 26.9 Å². The minimum absolute atomic E-state index is 0.196. The zero-order chi connectivity index (χ0) is 14.5. The van der Waals surface area contributed by atoms with Gasteiger partial charge in [-0.2, -0.15) is 5.10 Å². The summed E-state index contributed by atoms with van der Waals surface area (Å²) in [6, 6.07) is -0.196. The second-order valence-corrected chi connectivity index (χ2v) is 5.77. The Bertz CT molecular complexity index is 557. The third-order valence-electron chi connectivity index (χ3n) is 2.96. The van der Waals surface area contributed by atoms with Crippen LogP contribution in [-0.2, 0) is 17.7 Å². The molecule has 2 rings (SSSR count). The molecule has 3 N–H and O–H groups in total. The molecule has 0 saturated carbocycles. The highest BCUT2D eigenvalue weighted by Gasteiger charge is 2.25. The Morgan fingerprint density at radius 1 is 1.60 bits per heavy atom. The lowest BCUT2D eigenvalue weighted by molar-refractivity contribution is 0.182. The van der Waals surface area contributed by atoms with E-state index < -0.39 is 0 Å². The molecule has 2 aromatic rings. The Morgan fingerprint density at radius 3 is 3.05 bits per heavy atom. The van der Waals surface area contributed by atoms with Crippen LogP contribution in [0.2, 0.25) is 0 Å². The fourth-order valence-corrected chi connectivity index (χ4v) is 3.30. The summed E-state index contributed by atoms with van der Waals surface area (Å²) in [5, 5.41) is 8.48. The second-order valence-electron chi connectivity index (χ2n) is 4.13. The molecule has 0 fully saturated rings. The third kappa shape index (κ3) is 3.07. The van der Waals surface area contributed by atoms with Crippen molar-refractivity contribution in [3.63, 3.8) is 0 Å². The second kappa shape index (κ2) is 7.23. The van der Waals surface area contributed by atoms with E-state index in [-0.39, 0.29) is 6.04 Å². The number of hydrogen-bond acceptors (Lipinski definition) is 7. The molecule has 1 unspecified atom stereocenters. The number of hydrogen-bond donors (Lipinski definition) is 2. The van der Waals surface area contributed by atoms with Crippen LogP contribution >= 0.6 is 27.5 Å². The Balaban J connectivity index is 2.39. The topological polar surface area (TPSA) is 90.9 Å². The summed E-state index contributed by atoms with van der Waals surface area (Å²) in [5.74, 6) is 5.75. The van der Waals surface area contributed by atoms with Gasteiger partial charge in [-0.15, -0.1) is 5.10 Å². The van der Waals surface area contributed by atoms with Gasteiger partial charge in [0.1, 0.15) is 6.04 Å². The summed E-state index contributed by atoms with van der Waals surface area (Å²) in [4.78, 5) is 1.01. The van der Waals surface area contributed by atoms with E-state index in [2.05, 4.69) is 36.0 Å².